The number of hydrogen-bond acceptors (Lipinski definition) is 6. The van der Waals surface area contributed by atoms with Gasteiger partial charge in [-0.05, 0) is 29.1 Å². The highest BCUT2D eigenvalue weighted by Gasteiger charge is 2.21. The zero-order valence-electron chi connectivity index (χ0n) is 16.3. The van der Waals surface area contributed by atoms with Crippen molar-refractivity contribution in [2.75, 3.05) is 28.4 Å². The SMILES string of the molecule is COC(=O)c1cc(OCc2ccccc2)c2c(OC)c(OC)c(OC)cc2c1. The third kappa shape index (κ3) is 3.67. The Hall–Kier alpha value is -3.41. The first-order chi connectivity index (χ1) is 13.6. The Morgan fingerprint density at radius 1 is 0.821 bits per heavy atom. The number of carbonyl (C=O) groups excluding carboxylic acids is 1. The predicted molar refractivity (Wildman–Crippen MR) is 106 cm³/mol. The molecule has 3 aromatic carbocycles. The maximum atomic E-state index is 12.2. The minimum Gasteiger partial charge on any atom is -0.493 e. The van der Waals surface area contributed by atoms with Gasteiger partial charge in [-0.1, -0.05) is 30.3 Å². The summed E-state index contributed by atoms with van der Waals surface area (Å²) in [5.41, 5.74) is 1.37. The number of rotatable bonds is 7. The molecule has 3 aromatic rings. The average molecular weight is 382 g/mol. The van der Waals surface area contributed by atoms with E-state index in [-0.39, 0.29) is 0 Å². The first-order valence-corrected chi connectivity index (χ1v) is 8.64. The van der Waals surface area contributed by atoms with Gasteiger partial charge in [0.15, 0.2) is 11.5 Å². The summed E-state index contributed by atoms with van der Waals surface area (Å²) in [6, 6.07) is 14.9. The van der Waals surface area contributed by atoms with Crippen LogP contribution in [0.4, 0.5) is 0 Å². The molecule has 0 amide bonds. The van der Waals surface area contributed by atoms with Gasteiger partial charge in [-0.3, -0.25) is 0 Å². The highest BCUT2D eigenvalue weighted by atomic mass is 16.5. The molecule has 0 unspecified atom stereocenters. The maximum Gasteiger partial charge on any atom is 0.338 e. The predicted octanol–water partition coefficient (Wildman–Crippen LogP) is 4.23. The van der Waals surface area contributed by atoms with Crippen molar-refractivity contribution >= 4 is 16.7 Å². The number of hydrogen-bond donors (Lipinski definition) is 0. The van der Waals surface area contributed by atoms with Crippen molar-refractivity contribution in [3.63, 3.8) is 0 Å². The van der Waals surface area contributed by atoms with E-state index in [4.69, 9.17) is 23.7 Å². The average Bonchev–Trinajstić information content (AvgIpc) is 2.75. The maximum absolute atomic E-state index is 12.2. The van der Waals surface area contributed by atoms with Gasteiger partial charge >= 0.3 is 5.97 Å². The number of esters is 1. The van der Waals surface area contributed by atoms with Gasteiger partial charge in [-0.15, -0.1) is 0 Å². The number of methoxy groups -OCH3 is 4. The lowest BCUT2D eigenvalue weighted by atomic mass is 10.0. The molecule has 6 nitrogen and oxygen atoms in total. The first kappa shape index (κ1) is 19.4. The molecule has 28 heavy (non-hydrogen) atoms. The summed E-state index contributed by atoms with van der Waals surface area (Å²) >= 11 is 0. The number of benzene rings is 3. The van der Waals surface area contributed by atoms with Crippen molar-refractivity contribution in [2.45, 2.75) is 6.61 Å². The molecule has 0 saturated carbocycles. The van der Waals surface area contributed by atoms with Crippen molar-refractivity contribution in [1.82, 2.24) is 0 Å². The summed E-state index contributed by atoms with van der Waals surface area (Å²) in [4.78, 5) is 12.2. The Morgan fingerprint density at radius 2 is 1.54 bits per heavy atom. The highest BCUT2D eigenvalue weighted by Crippen LogP contribution is 2.47. The fourth-order valence-electron chi connectivity index (χ4n) is 3.05. The van der Waals surface area contributed by atoms with Gasteiger partial charge in [0.25, 0.3) is 0 Å². The molecule has 0 atom stereocenters. The molecule has 0 heterocycles. The molecular formula is C22H22O6. The van der Waals surface area contributed by atoms with E-state index in [0.717, 1.165) is 5.56 Å². The van der Waals surface area contributed by atoms with Crippen LogP contribution in [0.1, 0.15) is 15.9 Å². The topological polar surface area (TPSA) is 63.2 Å². The van der Waals surface area contributed by atoms with Crippen molar-refractivity contribution in [3.8, 4) is 23.0 Å². The van der Waals surface area contributed by atoms with Gasteiger partial charge in [0.2, 0.25) is 5.75 Å². The monoisotopic (exact) mass is 382 g/mol. The van der Waals surface area contributed by atoms with Crippen LogP contribution in [0, 0.1) is 0 Å². The van der Waals surface area contributed by atoms with Crippen LogP contribution >= 0.6 is 0 Å². The number of fused-ring (bicyclic) bond motifs is 1. The minimum absolute atomic E-state index is 0.331. The lowest BCUT2D eigenvalue weighted by Gasteiger charge is -2.18. The Balaban J connectivity index is 2.21. The summed E-state index contributed by atoms with van der Waals surface area (Å²) in [6.07, 6.45) is 0. The zero-order valence-corrected chi connectivity index (χ0v) is 16.3. The van der Waals surface area contributed by atoms with E-state index in [9.17, 15) is 4.79 Å². The minimum atomic E-state index is -0.458. The summed E-state index contributed by atoms with van der Waals surface area (Å²) in [6.45, 7) is 0.331. The van der Waals surface area contributed by atoms with Gasteiger partial charge in [0.05, 0.1) is 39.4 Å². The van der Waals surface area contributed by atoms with Crippen molar-refractivity contribution < 1.29 is 28.5 Å². The van der Waals surface area contributed by atoms with E-state index in [1.165, 1.54) is 7.11 Å². The van der Waals surface area contributed by atoms with Crippen LogP contribution in [-0.4, -0.2) is 34.4 Å². The molecule has 0 bridgehead atoms. The second kappa shape index (κ2) is 8.52. The fourth-order valence-corrected chi connectivity index (χ4v) is 3.05. The van der Waals surface area contributed by atoms with Crippen LogP contribution in [0.5, 0.6) is 23.0 Å². The Bertz CT molecular complexity index is 981. The van der Waals surface area contributed by atoms with Crippen LogP contribution < -0.4 is 18.9 Å². The van der Waals surface area contributed by atoms with Gasteiger partial charge in [-0.2, -0.15) is 0 Å². The van der Waals surface area contributed by atoms with Crippen molar-refractivity contribution in [3.05, 3.63) is 59.7 Å². The lowest BCUT2D eigenvalue weighted by molar-refractivity contribution is 0.0600. The van der Waals surface area contributed by atoms with Crippen molar-refractivity contribution in [2.24, 2.45) is 0 Å². The summed E-state index contributed by atoms with van der Waals surface area (Å²) in [7, 11) is 5.97. The largest absolute Gasteiger partial charge is 0.493 e. The lowest BCUT2D eigenvalue weighted by Crippen LogP contribution is -2.04. The van der Waals surface area contributed by atoms with E-state index < -0.39 is 5.97 Å². The molecule has 0 aliphatic heterocycles. The van der Waals surface area contributed by atoms with Crippen LogP contribution in [0.2, 0.25) is 0 Å². The first-order valence-electron chi connectivity index (χ1n) is 8.64. The van der Waals surface area contributed by atoms with E-state index in [2.05, 4.69) is 0 Å². The van der Waals surface area contributed by atoms with Gasteiger partial charge in [-0.25, -0.2) is 4.79 Å². The Labute approximate surface area is 163 Å². The smallest absolute Gasteiger partial charge is 0.338 e. The second-order valence-corrected chi connectivity index (χ2v) is 5.98. The summed E-state index contributed by atoms with van der Waals surface area (Å²) < 4.78 is 27.5. The molecular weight excluding hydrogens is 360 g/mol. The van der Waals surface area contributed by atoms with Crippen LogP contribution in [0.25, 0.3) is 10.8 Å². The highest BCUT2D eigenvalue weighted by molar-refractivity contribution is 6.03. The summed E-state index contributed by atoms with van der Waals surface area (Å²) in [5, 5.41) is 1.39. The molecule has 3 rings (SSSR count). The molecule has 146 valence electrons. The zero-order chi connectivity index (χ0) is 20.1. The molecule has 0 spiro atoms. The Morgan fingerprint density at radius 3 is 2.14 bits per heavy atom. The van der Waals surface area contributed by atoms with Crippen LogP contribution in [0.3, 0.4) is 0 Å². The van der Waals surface area contributed by atoms with E-state index in [0.29, 0.717) is 45.9 Å². The molecule has 0 N–H and O–H groups in total. The van der Waals surface area contributed by atoms with E-state index in [1.54, 1.807) is 39.5 Å². The van der Waals surface area contributed by atoms with Gasteiger partial charge < -0.3 is 23.7 Å². The second-order valence-electron chi connectivity index (χ2n) is 5.98. The molecule has 0 aromatic heterocycles. The van der Waals surface area contributed by atoms with Crippen LogP contribution in [0.15, 0.2) is 48.5 Å². The summed E-state index contributed by atoms with van der Waals surface area (Å²) in [5.74, 6) is 1.44. The van der Waals surface area contributed by atoms with Gasteiger partial charge in [0.1, 0.15) is 12.4 Å². The third-order valence-corrected chi connectivity index (χ3v) is 4.36. The Kier molecular flexibility index (Phi) is 5.89. The van der Waals surface area contributed by atoms with Crippen LogP contribution in [-0.2, 0) is 11.3 Å². The number of carbonyl (C=O) groups is 1. The normalized spacial score (nSPS) is 10.4. The quantitative estimate of drug-likeness (QED) is 0.570. The standard InChI is InChI=1S/C22H22O6/c1-24-18-11-15-10-16(22(23)27-4)12-17(19(15)21(26-3)20(18)25-2)28-13-14-8-6-5-7-9-14/h5-12H,13H2,1-4H3. The van der Waals surface area contributed by atoms with Gasteiger partial charge in [0, 0.05) is 0 Å². The fraction of sp³-hybridized carbons (Fsp3) is 0.227. The molecule has 0 aliphatic carbocycles. The molecule has 0 radical (unpaired) electrons. The molecule has 0 fully saturated rings. The molecule has 0 aliphatic rings. The molecule has 6 heteroatoms. The van der Waals surface area contributed by atoms with E-state index >= 15 is 0 Å². The third-order valence-electron chi connectivity index (χ3n) is 4.36. The van der Waals surface area contributed by atoms with Crippen molar-refractivity contribution in [1.29, 1.82) is 0 Å². The van der Waals surface area contributed by atoms with E-state index in [1.807, 2.05) is 30.3 Å². The number of ether oxygens (including phenoxy) is 5. The molecule has 0 saturated heterocycles.